The Hall–Kier alpha value is -3.13. The molecular weight excluding hydrogens is 432 g/mol. The number of tetrazole rings is 1. The Morgan fingerprint density at radius 3 is 2.24 bits per heavy atom. The Labute approximate surface area is 198 Å². The van der Waals surface area contributed by atoms with Crippen LogP contribution in [0, 0.1) is 20.8 Å². The number of hydrogen-bond acceptors (Lipinski definition) is 5. The van der Waals surface area contributed by atoms with Gasteiger partial charge in [-0.2, -0.15) is 4.68 Å². The normalized spacial score (nSPS) is 11.8. The summed E-state index contributed by atoms with van der Waals surface area (Å²) in [7, 11) is 1.87. The lowest BCUT2D eigenvalue weighted by molar-refractivity contribution is 0.589. The van der Waals surface area contributed by atoms with Crippen molar-refractivity contribution in [3.8, 4) is 11.4 Å². The number of aromatic nitrogens is 6. The summed E-state index contributed by atoms with van der Waals surface area (Å²) in [5.41, 5.74) is 7.12. The minimum Gasteiger partial charge on any atom is -0.283 e. The Morgan fingerprint density at radius 2 is 1.64 bits per heavy atom. The second-order valence-electron chi connectivity index (χ2n) is 9.41. The molecule has 0 amide bonds. The van der Waals surface area contributed by atoms with Crippen LogP contribution in [0.25, 0.3) is 11.4 Å². The van der Waals surface area contributed by atoms with E-state index in [1.165, 1.54) is 22.3 Å². The number of hydrogen-bond donors (Lipinski definition) is 0. The van der Waals surface area contributed by atoms with Crippen molar-refractivity contribution < 1.29 is 0 Å². The highest BCUT2D eigenvalue weighted by Gasteiger charge is 2.22. The molecule has 2 aromatic heterocycles. The topological polar surface area (TPSA) is 70.5 Å². The van der Waals surface area contributed by atoms with Crippen molar-refractivity contribution in [3.05, 3.63) is 80.8 Å². The maximum atomic E-state index is 13.4. The summed E-state index contributed by atoms with van der Waals surface area (Å²) in [6, 6.07) is 14.1. The molecule has 0 spiro atoms. The molecular formula is C25H30N6OS. The highest BCUT2D eigenvalue weighted by Crippen LogP contribution is 2.31. The molecule has 0 aliphatic heterocycles. The number of nitrogens with zero attached hydrogens (tertiary/aromatic N) is 6. The van der Waals surface area contributed by atoms with E-state index in [1.54, 1.807) is 21.1 Å². The van der Waals surface area contributed by atoms with Crippen molar-refractivity contribution in [2.24, 2.45) is 7.05 Å². The molecule has 0 aliphatic carbocycles. The molecule has 4 rings (SSSR count). The van der Waals surface area contributed by atoms with E-state index in [0.717, 1.165) is 17.1 Å². The van der Waals surface area contributed by atoms with Crippen LogP contribution in [-0.4, -0.2) is 29.6 Å². The summed E-state index contributed by atoms with van der Waals surface area (Å²) >= 11 is 1.54. The van der Waals surface area contributed by atoms with Crippen LogP contribution in [0.3, 0.4) is 0 Å². The van der Waals surface area contributed by atoms with Gasteiger partial charge in [-0.05, 0) is 71.0 Å². The third-order valence-electron chi connectivity index (χ3n) is 6.08. The van der Waals surface area contributed by atoms with E-state index >= 15 is 0 Å². The minimum atomic E-state index is -0.155. The van der Waals surface area contributed by atoms with Crippen LogP contribution in [0.1, 0.15) is 48.7 Å². The molecule has 7 nitrogen and oxygen atoms in total. The zero-order valence-corrected chi connectivity index (χ0v) is 21.1. The van der Waals surface area contributed by atoms with Crippen LogP contribution < -0.4 is 5.56 Å². The smallest absolute Gasteiger partial charge is 0.283 e. The monoisotopic (exact) mass is 462 g/mol. The zero-order valence-electron chi connectivity index (χ0n) is 20.2. The molecule has 33 heavy (non-hydrogen) atoms. The summed E-state index contributed by atoms with van der Waals surface area (Å²) < 4.78 is 5.04. The highest BCUT2D eigenvalue weighted by atomic mass is 32.2. The van der Waals surface area contributed by atoms with Gasteiger partial charge in [0.1, 0.15) is 0 Å². The first-order valence-corrected chi connectivity index (χ1v) is 11.9. The highest BCUT2D eigenvalue weighted by molar-refractivity contribution is 7.98. The molecule has 0 fully saturated rings. The van der Waals surface area contributed by atoms with Crippen molar-refractivity contribution in [1.82, 2.24) is 29.6 Å². The number of benzene rings is 2. The fraction of sp³-hybridized carbons (Fsp3) is 0.360. The van der Waals surface area contributed by atoms with Crippen molar-refractivity contribution in [3.63, 3.8) is 0 Å². The van der Waals surface area contributed by atoms with E-state index < -0.39 is 0 Å². The molecule has 8 heteroatoms. The lowest BCUT2D eigenvalue weighted by Gasteiger charge is -2.22. The van der Waals surface area contributed by atoms with Gasteiger partial charge in [0.15, 0.2) is 5.69 Å². The summed E-state index contributed by atoms with van der Waals surface area (Å²) in [6.07, 6.45) is 0. The van der Waals surface area contributed by atoms with Gasteiger partial charge in [-0.25, -0.2) is 4.68 Å². The molecule has 0 aliphatic rings. The summed E-state index contributed by atoms with van der Waals surface area (Å²) in [5.74, 6) is 0.723. The molecule has 0 atom stereocenters. The molecule has 4 aromatic rings. The standard InChI is InChI=1S/C25H30N6OS/c1-16-13-19(25(4,5)6)14-17(2)21(16)15-33-24-26-27-28-30(24)22-18(3)29(7)31(23(22)32)20-11-9-8-10-12-20/h8-14H,15H2,1-7H3. The quantitative estimate of drug-likeness (QED) is 0.403. The third kappa shape index (κ3) is 4.27. The molecule has 2 heterocycles. The van der Waals surface area contributed by atoms with Gasteiger partial charge in [-0.3, -0.25) is 9.48 Å². The van der Waals surface area contributed by atoms with E-state index in [9.17, 15) is 4.79 Å². The Bertz CT molecular complexity index is 1340. The molecule has 0 N–H and O–H groups in total. The maximum Gasteiger partial charge on any atom is 0.297 e. The van der Waals surface area contributed by atoms with Crippen molar-refractivity contribution >= 4 is 11.8 Å². The van der Waals surface area contributed by atoms with E-state index in [4.69, 9.17) is 0 Å². The van der Waals surface area contributed by atoms with Crippen molar-refractivity contribution in [2.75, 3.05) is 0 Å². The van der Waals surface area contributed by atoms with E-state index in [2.05, 4.69) is 62.3 Å². The Morgan fingerprint density at radius 1 is 1.00 bits per heavy atom. The van der Waals surface area contributed by atoms with Crippen LogP contribution in [0.5, 0.6) is 0 Å². The van der Waals surface area contributed by atoms with Gasteiger partial charge in [0.05, 0.1) is 11.4 Å². The molecule has 172 valence electrons. The Balaban J connectivity index is 1.68. The summed E-state index contributed by atoms with van der Waals surface area (Å²) in [5, 5.41) is 12.9. The van der Waals surface area contributed by atoms with Crippen molar-refractivity contribution in [2.45, 2.75) is 57.9 Å². The first kappa shape index (κ1) is 23.0. The minimum absolute atomic E-state index is 0.106. The second-order valence-corrected chi connectivity index (χ2v) is 10.4. The fourth-order valence-electron chi connectivity index (χ4n) is 4.00. The lowest BCUT2D eigenvalue weighted by atomic mass is 9.84. The van der Waals surface area contributed by atoms with Crippen LogP contribution in [0.2, 0.25) is 0 Å². The van der Waals surface area contributed by atoms with Gasteiger partial charge in [0.25, 0.3) is 5.56 Å². The van der Waals surface area contributed by atoms with E-state index in [1.807, 2.05) is 49.0 Å². The molecule has 0 bridgehead atoms. The van der Waals surface area contributed by atoms with Gasteiger partial charge < -0.3 is 0 Å². The third-order valence-corrected chi connectivity index (χ3v) is 7.03. The maximum absolute atomic E-state index is 13.4. The Kier molecular flexibility index (Phi) is 6.05. The zero-order chi connectivity index (χ0) is 23.9. The van der Waals surface area contributed by atoms with E-state index in [-0.39, 0.29) is 11.0 Å². The lowest BCUT2D eigenvalue weighted by Crippen LogP contribution is -2.22. The van der Waals surface area contributed by atoms with Crippen LogP contribution in [0.15, 0.2) is 52.4 Å². The van der Waals surface area contributed by atoms with Gasteiger partial charge in [0.2, 0.25) is 5.16 Å². The molecule has 2 aromatic carbocycles. The van der Waals surface area contributed by atoms with Crippen LogP contribution >= 0.6 is 11.8 Å². The number of aryl methyl sites for hydroxylation is 2. The van der Waals surface area contributed by atoms with Gasteiger partial charge in [0, 0.05) is 12.8 Å². The summed E-state index contributed by atoms with van der Waals surface area (Å²) in [6.45, 7) is 12.9. The number of thioether (sulfide) groups is 1. The van der Waals surface area contributed by atoms with Gasteiger partial charge >= 0.3 is 0 Å². The first-order chi connectivity index (χ1) is 15.6. The molecule has 0 unspecified atom stereocenters. The fourth-order valence-corrected chi connectivity index (χ4v) is 5.07. The number of rotatable bonds is 5. The van der Waals surface area contributed by atoms with Crippen molar-refractivity contribution in [1.29, 1.82) is 0 Å². The first-order valence-electron chi connectivity index (χ1n) is 11.0. The van der Waals surface area contributed by atoms with Gasteiger partial charge in [-0.15, -0.1) is 5.10 Å². The second kappa shape index (κ2) is 8.67. The average molecular weight is 463 g/mol. The molecule has 0 saturated heterocycles. The van der Waals surface area contributed by atoms with E-state index in [0.29, 0.717) is 10.8 Å². The van der Waals surface area contributed by atoms with Crippen LogP contribution in [0.4, 0.5) is 0 Å². The SMILES string of the molecule is Cc1cc(C(C)(C)C)cc(C)c1CSc1nnnn1-c1c(C)n(C)n(-c2ccccc2)c1=O. The predicted octanol–water partition coefficient (Wildman–Crippen LogP) is 4.67. The average Bonchev–Trinajstić information content (AvgIpc) is 3.29. The number of para-hydroxylation sites is 1. The van der Waals surface area contributed by atoms with Gasteiger partial charge in [-0.1, -0.05) is 62.9 Å². The molecule has 0 saturated carbocycles. The predicted molar refractivity (Wildman–Crippen MR) is 133 cm³/mol. The molecule has 0 radical (unpaired) electrons. The van der Waals surface area contributed by atoms with Crippen LogP contribution in [-0.2, 0) is 18.2 Å². The largest absolute Gasteiger partial charge is 0.297 e. The summed E-state index contributed by atoms with van der Waals surface area (Å²) in [4.78, 5) is 13.4.